The number of benzene rings is 1. The Balaban J connectivity index is 2.18. The third kappa shape index (κ3) is 3.61. The average molecular weight is 303 g/mol. The van der Waals surface area contributed by atoms with E-state index in [0.29, 0.717) is 11.6 Å². The fourth-order valence-corrected chi connectivity index (χ4v) is 2.24. The Kier molecular flexibility index (Phi) is 4.76. The van der Waals surface area contributed by atoms with Gasteiger partial charge >= 0.3 is 0 Å². The molecular formula is C16H18FN3O2. The zero-order chi connectivity index (χ0) is 16.3. The van der Waals surface area contributed by atoms with Gasteiger partial charge < -0.3 is 10.2 Å². The van der Waals surface area contributed by atoms with Crippen LogP contribution in [0.2, 0.25) is 0 Å². The molecule has 22 heavy (non-hydrogen) atoms. The van der Waals surface area contributed by atoms with E-state index in [4.69, 9.17) is 5.26 Å². The lowest BCUT2D eigenvalue weighted by Gasteiger charge is -2.18. The van der Waals surface area contributed by atoms with Crippen LogP contribution in [0.1, 0.15) is 30.1 Å². The van der Waals surface area contributed by atoms with Crippen molar-refractivity contribution in [3.05, 3.63) is 29.6 Å². The van der Waals surface area contributed by atoms with Crippen LogP contribution in [0, 0.1) is 29.0 Å². The minimum atomic E-state index is -0.546. The Morgan fingerprint density at radius 3 is 2.77 bits per heavy atom. The van der Waals surface area contributed by atoms with Crippen LogP contribution >= 0.6 is 0 Å². The van der Waals surface area contributed by atoms with Crippen molar-refractivity contribution in [2.45, 2.75) is 19.8 Å². The fraction of sp³-hybridized carbons (Fsp3) is 0.438. The minimum Gasteiger partial charge on any atom is -0.341 e. The number of amides is 2. The highest BCUT2D eigenvalue weighted by molar-refractivity contribution is 6.04. The number of hydrogen-bond donors (Lipinski definition) is 1. The van der Waals surface area contributed by atoms with Crippen molar-refractivity contribution in [3.8, 4) is 6.07 Å². The molecule has 0 aromatic heterocycles. The highest BCUT2D eigenvalue weighted by Crippen LogP contribution is 2.38. The molecule has 2 atom stereocenters. The van der Waals surface area contributed by atoms with E-state index in [1.54, 1.807) is 7.05 Å². The number of carbonyl (C=O) groups excluding carboxylic acids is 2. The predicted octanol–water partition coefficient (Wildman–Crippen LogP) is 2.41. The first kappa shape index (κ1) is 16.0. The van der Waals surface area contributed by atoms with Gasteiger partial charge in [-0.15, -0.1) is 0 Å². The predicted molar refractivity (Wildman–Crippen MR) is 79.5 cm³/mol. The standard InChI is InChI=1S/C16H18FN3O2/c1-10-8-12(10)15(21)19-14-5-4-11(17)9-13(14)16(22)20(2)7-3-6-18/h4-5,9-10,12H,3,7-8H2,1-2H3,(H,19,21). The summed E-state index contributed by atoms with van der Waals surface area (Å²) in [7, 11) is 1.54. The molecule has 1 N–H and O–H groups in total. The summed E-state index contributed by atoms with van der Waals surface area (Å²) in [6.45, 7) is 2.23. The number of halogens is 1. The van der Waals surface area contributed by atoms with Gasteiger partial charge in [0.1, 0.15) is 5.82 Å². The fourth-order valence-electron chi connectivity index (χ4n) is 2.24. The molecule has 0 spiro atoms. The summed E-state index contributed by atoms with van der Waals surface area (Å²) in [4.78, 5) is 25.7. The van der Waals surface area contributed by atoms with Crippen molar-refractivity contribution in [2.75, 3.05) is 18.9 Å². The van der Waals surface area contributed by atoms with Crippen molar-refractivity contribution in [1.29, 1.82) is 5.26 Å². The van der Waals surface area contributed by atoms with E-state index in [9.17, 15) is 14.0 Å². The first-order chi connectivity index (χ1) is 10.4. The van der Waals surface area contributed by atoms with Crippen molar-refractivity contribution < 1.29 is 14.0 Å². The van der Waals surface area contributed by atoms with E-state index < -0.39 is 11.7 Å². The highest BCUT2D eigenvalue weighted by Gasteiger charge is 2.39. The molecule has 0 saturated heterocycles. The molecule has 1 aromatic rings. The van der Waals surface area contributed by atoms with E-state index in [0.717, 1.165) is 12.5 Å². The second-order valence-corrected chi connectivity index (χ2v) is 5.63. The summed E-state index contributed by atoms with van der Waals surface area (Å²) in [5.41, 5.74) is 0.404. The molecule has 2 amide bonds. The number of nitrogens with zero attached hydrogens (tertiary/aromatic N) is 2. The second-order valence-electron chi connectivity index (χ2n) is 5.63. The van der Waals surface area contributed by atoms with Gasteiger partial charge in [0, 0.05) is 19.5 Å². The van der Waals surface area contributed by atoms with Crippen molar-refractivity contribution >= 4 is 17.5 Å². The van der Waals surface area contributed by atoms with Gasteiger partial charge in [0.25, 0.3) is 5.91 Å². The van der Waals surface area contributed by atoms with Gasteiger partial charge in [-0.05, 0) is 30.5 Å². The topological polar surface area (TPSA) is 73.2 Å². The van der Waals surface area contributed by atoms with Gasteiger partial charge in [0.15, 0.2) is 0 Å². The molecule has 116 valence electrons. The Hall–Kier alpha value is -2.42. The maximum absolute atomic E-state index is 13.5. The largest absolute Gasteiger partial charge is 0.341 e. The second kappa shape index (κ2) is 6.56. The number of anilines is 1. The monoisotopic (exact) mass is 303 g/mol. The van der Waals surface area contributed by atoms with E-state index in [1.807, 2.05) is 13.0 Å². The lowest BCUT2D eigenvalue weighted by molar-refractivity contribution is -0.117. The first-order valence-corrected chi connectivity index (χ1v) is 7.17. The van der Waals surface area contributed by atoms with E-state index >= 15 is 0 Å². The Labute approximate surface area is 128 Å². The average Bonchev–Trinajstić information content (AvgIpc) is 3.22. The molecule has 2 unspecified atom stereocenters. The summed E-state index contributed by atoms with van der Waals surface area (Å²) in [6, 6.07) is 5.66. The van der Waals surface area contributed by atoms with Crippen LogP contribution in [0.25, 0.3) is 0 Å². The van der Waals surface area contributed by atoms with E-state index in [1.165, 1.54) is 17.0 Å². The number of nitriles is 1. The molecule has 1 aromatic carbocycles. The molecule has 1 saturated carbocycles. The van der Waals surface area contributed by atoms with Crippen molar-refractivity contribution in [2.24, 2.45) is 11.8 Å². The van der Waals surface area contributed by atoms with Crippen LogP contribution in [-0.4, -0.2) is 30.3 Å². The van der Waals surface area contributed by atoms with Gasteiger partial charge in [-0.25, -0.2) is 4.39 Å². The lowest BCUT2D eigenvalue weighted by Crippen LogP contribution is -2.29. The van der Waals surface area contributed by atoms with Crippen LogP contribution in [0.3, 0.4) is 0 Å². The maximum Gasteiger partial charge on any atom is 0.255 e. The molecule has 0 radical (unpaired) electrons. The van der Waals surface area contributed by atoms with Crippen molar-refractivity contribution in [1.82, 2.24) is 4.90 Å². The zero-order valence-corrected chi connectivity index (χ0v) is 12.6. The zero-order valence-electron chi connectivity index (χ0n) is 12.6. The molecule has 6 heteroatoms. The number of nitrogens with one attached hydrogen (secondary N) is 1. The third-order valence-electron chi connectivity index (χ3n) is 3.82. The molecular weight excluding hydrogens is 285 g/mol. The molecule has 5 nitrogen and oxygen atoms in total. The molecule has 1 aliphatic carbocycles. The van der Waals surface area contributed by atoms with Crippen LogP contribution in [0.5, 0.6) is 0 Å². The normalized spacial score (nSPS) is 19.2. The summed E-state index contributed by atoms with van der Waals surface area (Å²) in [5.74, 6) is -0.807. The minimum absolute atomic E-state index is 0.0377. The van der Waals surface area contributed by atoms with Crippen LogP contribution in [0.15, 0.2) is 18.2 Å². The quantitative estimate of drug-likeness (QED) is 0.907. The van der Waals surface area contributed by atoms with Crippen LogP contribution in [0.4, 0.5) is 10.1 Å². The van der Waals surface area contributed by atoms with Gasteiger partial charge in [0.2, 0.25) is 5.91 Å². The Morgan fingerprint density at radius 1 is 1.50 bits per heavy atom. The van der Waals surface area contributed by atoms with E-state index in [2.05, 4.69) is 5.32 Å². The molecule has 1 aliphatic rings. The summed E-state index contributed by atoms with van der Waals surface area (Å²) in [6.07, 6.45) is 1.03. The van der Waals surface area contributed by atoms with Crippen molar-refractivity contribution in [3.63, 3.8) is 0 Å². The molecule has 0 aliphatic heterocycles. The van der Waals surface area contributed by atoms with Crippen LogP contribution < -0.4 is 5.32 Å². The summed E-state index contributed by atoms with van der Waals surface area (Å²) in [5, 5.41) is 11.3. The number of carbonyl (C=O) groups is 2. The van der Waals surface area contributed by atoms with Crippen LogP contribution in [-0.2, 0) is 4.79 Å². The third-order valence-corrected chi connectivity index (χ3v) is 3.82. The lowest BCUT2D eigenvalue weighted by atomic mass is 10.1. The Morgan fingerprint density at radius 2 is 2.18 bits per heavy atom. The Bertz CT molecular complexity index is 639. The first-order valence-electron chi connectivity index (χ1n) is 7.17. The van der Waals surface area contributed by atoms with E-state index in [-0.39, 0.29) is 30.4 Å². The molecule has 1 fully saturated rings. The van der Waals surface area contributed by atoms with Gasteiger partial charge in [-0.1, -0.05) is 6.92 Å². The smallest absolute Gasteiger partial charge is 0.255 e. The number of hydrogen-bond acceptors (Lipinski definition) is 3. The highest BCUT2D eigenvalue weighted by atomic mass is 19.1. The van der Waals surface area contributed by atoms with Gasteiger partial charge in [-0.2, -0.15) is 5.26 Å². The number of rotatable bonds is 5. The molecule has 2 rings (SSSR count). The summed E-state index contributed by atoms with van der Waals surface area (Å²) >= 11 is 0. The van der Waals surface area contributed by atoms with Gasteiger partial charge in [-0.3, -0.25) is 9.59 Å². The molecule has 0 heterocycles. The summed E-state index contributed by atoms with van der Waals surface area (Å²) < 4.78 is 13.5. The maximum atomic E-state index is 13.5. The SMILES string of the molecule is CC1CC1C(=O)Nc1ccc(F)cc1C(=O)N(C)CCC#N. The molecule has 0 bridgehead atoms. The van der Waals surface area contributed by atoms with Gasteiger partial charge in [0.05, 0.1) is 23.7 Å².